The Bertz CT molecular complexity index is 389. The van der Waals surface area contributed by atoms with Crippen LogP contribution < -0.4 is 0 Å². The van der Waals surface area contributed by atoms with Gasteiger partial charge in [-0.1, -0.05) is 13.5 Å². The Labute approximate surface area is 130 Å². The minimum Gasteiger partial charge on any atom is -0.454 e. The number of carbonyl (C=O) groups is 1. The molecule has 0 aromatic carbocycles. The third kappa shape index (κ3) is 5.03. The van der Waals surface area contributed by atoms with Crippen molar-refractivity contribution in [3.8, 4) is 0 Å². The van der Waals surface area contributed by atoms with Crippen molar-refractivity contribution in [2.45, 2.75) is 64.3 Å². The molecule has 0 aromatic heterocycles. The summed E-state index contributed by atoms with van der Waals surface area (Å²) >= 11 is 0. The molecule has 2 atom stereocenters. The molecule has 0 fully saturated rings. The van der Waals surface area contributed by atoms with E-state index in [0.29, 0.717) is 6.42 Å². The van der Waals surface area contributed by atoms with Crippen molar-refractivity contribution in [1.29, 1.82) is 0 Å². The SMILES string of the molecule is C=C(C)C(=O)OC(CC)(C(O)CO)[Si](C)(C)O[Si](C)(C)C. The van der Waals surface area contributed by atoms with Crippen LogP contribution in [0.3, 0.4) is 0 Å². The molecule has 0 amide bonds. The Morgan fingerprint density at radius 3 is 2.05 bits per heavy atom. The molecular weight excluding hydrogens is 304 g/mol. The van der Waals surface area contributed by atoms with Crippen LogP contribution in [-0.2, 0) is 13.6 Å². The fourth-order valence-electron chi connectivity index (χ4n) is 2.58. The Hall–Kier alpha value is -0.476. The summed E-state index contributed by atoms with van der Waals surface area (Å²) in [6.07, 6.45) is -0.805. The molecule has 0 aliphatic carbocycles. The molecule has 2 N–H and O–H groups in total. The van der Waals surface area contributed by atoms with E-state index in [1.54, 1.807) is 6.92 Å². The summed E-state index contributed by atoms with van der Waals surface area (Å²) in [5, 5.41) is 18.6. The van der Waals surface area contributed by atoms with Crippen LogP contribution in [0.1, 0.15) is 20.3 Å². The summed E-state index contributed by atoms with van der Waals surface area (Å²) in [7, 11) is -4.54. The van der Waals surface area contributed by atoms with E-state index in [-0.39, 0.29) is 5.57 Å². The standard InChI is InChI=1S/C14H30O5Si2/c1-9-14(12(16)10-15,18-13(17)11(2)3)21(7,8)19-20(4,5)6/h12,15-16H,2,9-10H2,1,3-8H3. The van der Waals surface area contributed by atoms with Crippen LogP contribution in [0.15, 0.2) is 12.2 Å². The van der Waals surface area contributed by atoms with Gasteiger partial charge in [0.25, 0.3) is 0 Å². The van der Waals surface area contributed by atoms with Crippen LogP contribution >= 0.6 is 0 Å². The van der Waals surface area contributed by atoms with Crippen molar-refractivity contribution >= 4 is 22.6 Å². The molecule has 0 rings (SSSR count). The molecule has 0 aliphatic rings. The average Bonchev–Trinajstić information content (AvgIpc) is 2.31. The fourth-order valence-corrected chi connectivity index (χ4v) is 11.5. The van der Waals surface area contributed by atoms with E-state index in [2.05, 4.69) is 6.58 Å². The molecule has 0 bridgehead atoms. The number of aliphatic hydroxyl groups is 2. The largest absolute Gasteiger partial charge is 0.454 e. The van der Waals surface area contributed by atoms with Gasteiger partial charge < -0.3 is 19.1 Å². The van der Waals surface area contributed by atoms with Crippen LogP contribution in [0, 0.1) is 0 Å². The number of aliphatic hydroxyl groups excluding tert-OH is 2. The molecule has 0 aromatic rings. The van der Waals surface area contributed by atoms with Gasteiger partial charge >= 0.3 is 5.97 Å². The zero-order valence-corrected chi connectivity index (χ0v) is 16.3. The number of esters is 1. The third-order valence-corrected chi connectivity index (χ3v) is 10.8. The molecule has 2 unspecified atom stereocenters. The quantitative estimate of drug-likeness (QED) is 0.404. The number of hydrogen-bond acceptors (Lipinski definition) is 5. The molecule has 21 heavy (non-hydrogen) atoms. The first-order valence-corrected chi connectivity index (χ1v) is 13.5. The Balaban J connectivity index is 5.78. The number of hydrogen-bond donors (Lipinski definition) is 2. The summed E-state index contributed by atoms with van der Waals surface area (Å²) in [6.45, 7) is 16.5. The van der Waals surface area contributed by atoms with Crippen LogP contribution in [0.5, 0.6) is 0 Å². The van der Waals surface area contributed by atoms with Crippen molar-refractivity contribution in [3.05, 3.63) is 12.2 Å². The van der Waals surface area contributed by atoms with Gasteiger partial charge in [-0.2, -0.15) is 0 Å². The number of rotatable bonds is 8. The maximum absolute atomic E-state index is 12.0. The molecule has 0 saturated carbocycles. The molecule has 124 valence electrons. The highest BCUT2D eigenvalue weighted by molar-refractivity contribution is 6.85. The van der Waals surface area contributed by atoms with Gasteiger partial charge in [-0.25, -0.2) is 4.79 Å². The Morgan fingerprint density at radius 2 is 1.76 bits per heavy atom. The average molecular weight is 335 g/mol. The summed E-state index contributed by atoms with van der Waals surface area (Å²) in [5.41, 5.74) is 0.260. The van der Waals surface area contributed by atoms with E-state index in [4.69, 9.17) is 8.85 Å². The van der Waals surface area contributed by atoms with Crippen molar-refractivity contribution in [3.63, 3.8) is 0 Å². The van der Waals surface area contributed by atoms with Gasteiger partial charge in [-0.05, 0) is 46.1 Å². The minimum atomic E-state index is -2.64. The summed E-state index contributed by atoms with van der Waals surface area (Å²) in [6, 6.07) is 0. The van der Waals surface area contributed by atoms with Gasteiger partial charge in [0.05, 0.1) is 6.61 Å². The lowest BCUT2D eigenvalue weighted by atomic mass is 10.1. The lowest BCUT2D eigenvalue weighted by Gasteiger charge is -2.48. The monoisotopic (exact) mass is 334 g/mol. The number of carbonyl (C=O) groups excluding carboxylic acids is 1. The van der Waals surface area contributed by atoms with Crippen LogP contribution in [-0.4, -0.2) is 50.8 Å². The van der Waals surface area contributed by atoms with E-state index in [9.17, 15) is 15.0 Å². The predicted octanol–water partition coefficient (Wildman–Crippen LogP) is 2.20. The first kappa shape index (κ1) is 20.5. The van der Waals surface area contributed by atoms with Gasteiger partial charge in [0.15, 0.2) is 13.5 Å². The first-order chi connectivity index (χ1) is 9.33. The second kappa shape index (κ2) is 7.19. The molecule has 0 heterocycles. The molecule has 0 spiro atoms. The molecule has 0 radical (unpaired) electrons. The predicted molar refractivity (Wildman–Crippen MR) is 88.9 cm³/mol. The maximum Gasteiger partial charge on any atom is 0.333 e. The van der Waals surface area contributed by atoms with E-state index in [0.717, 1.165) is 0 Å². The summed E-state index contributed by atoms with van der Waals surface area (Å²) < 4.78 is 11.9. The van der Waals surface area contributed by atoms with Crippen molar-refractivity contribution in [1.82, 2.24) is 0 Å². The molecule has 0 aliphatic heterocycles. The second-order valence-corrected chi connectivity index (χ2v) is 15.7. The Morgan fingerprint density at radius 1 is 1.29 bits per heavy atom. The third-order valence-electron chi connectivity index (χ3n) is 3.44. The summed E-state index contributed by atoms with van der Waals surface area (Å²) in [5.74, 6) is -0.566. The van der Waals surface area contributed by atoms with Crippen LogP contribution in [0.25, 0.3) is 0 Å². The van der Waals surface area contributed by atoms with Gasteiger partial charge in [0.1, 0.15) is 6.10 Å². The van der Waals surface area contributed by atoms with Gasteiger partial charge in [-0.15, -0.1) is 0 Å². The first-order valence-electron chi connectivity index (χ1n) is 7.21. The minimum absolute atomic E-state index is 0.260. The van der Waals surface area contributed by atoms with E-state index in [1.165, 1.54) is 0 Å². The Kier molecular flexibility index (Phi) is 7.03. The van der Waals surface area contributed by atoms with Gasteiger partial charge in [0, 0.05) is 5.57 Å². The van der Waals surface area contributed by atoms with E-state index < -0.39 is 40.5 Å². The van der Waals surface area contributed by atoms with E-state index in [1.807, 2.05) is 39.7 Å². The van der Waals surface area contributed by atoms with Crippen LogP contribution in [0.4, 0.5) is 0 Å². The number of ether oxygens (including phenoxy) is 1. The lowest BCUT2D eigenvalue weighted by molar-refractivity contribution is -0.161. The normalized spacial score (nSPS) is 17.0. The van der Waals surface area contributed by atoms with Gasteiger partial charge in [-0.3, -0.25) is 0 Å². The van der Waals surface area contributed by atoms with Crippen molar-refractivity contribution in [2.24, 2.45) is 0 Å². The molecule has 5 nitrogen and oxygen atoms in total. The summed E-state index contributed by atoms with van der Waals surface area (Å²) in [4.78, 5) is 12.0. The highest BCUT2D eigenvalue weighted by Crippen LogP contribution is 2.35. The zero-order chi connectivity index (χ0) is 17.1. The topological polar surface area (TPSA) is 76.0 Å². The van der Waals surface area contributed by atoms with Crippen molar-refractivity contribution in [2.75, 3.05) is 6.61 Å². The van der Waals surface area contributed by atoms with E-state index >= 15 is 0 Å². The highest BCUT2D eigenvalue weighted by atomic mass is 28.4. The fraction of sp³-hybridized carbons (Fsp3) is 0.786. The molecule has 7 heteroatoms. The van der Waals surface area contributed by atoms with Crippen molar-refractivity contribution < 1.29 is 23.9 Å². The smallest absolute Gasteiger partial charge is 0.333 e. The molecule has 0 saturated heterocycles. The second-order valence-electron chi connectivity index (χ2n) is 6.84. The lowest BCUT2D eigenvalue weighted by Crippen LogP contribution is -2.68. The van der Waals surface area contributed by atoms with Crippen LogP contribution in [0.2, 0.25) is 32.7 Å². The molecular formula is C14H30O5Si2. The van der Waals surface area contributed by atoms with Gasteiger partial charge in [0.2, 0.25) is 8.32 Å². The zero-order valence-electron chi connectivity index (χ0n) is 14.3. The maximum atomic E-state index is 12.0. The highest BCUT2D eigenvalue weighted by Gasteiger charge is 2.56.